The van der Waals surface area contributed by atoms with Crippen molar-refractivity contribution in [1.29, 1.82) is 0 Å². The highest BCUT2D eigenvalue weighted by Gasteiger charge is 2.12. The second-order valence-electron chi connectivity index (χ2n) is 5.48. The number of rotatable bonds is 5. The maximum absolute atomic E-state index is 13.6. The van der Waals surface area contributed by atoms with E-state index in [9.17, 15) is 9.18 Å². The van der Waals surface area contributed by atoms with Gasteiger partial charge in [-0.25, -0.2) is 9.07 Å². The number of carbonyl (C=O) groups excluding carboxylic acids is 1. The quantitative estimate of drug-likeness (QED) is 0.668. The zero-order valence-corrected chi connectivity index (χ0v) is 15.2. The second kappa shape index (κ2) is 7.76. The molecule has 0 unspecified atom stereocenters. The van der Waals surface area contributed by atoms with Gasteiger partial charge in [-0.3, -0.25) is 4.79 Å². The molecule has 0 atom stereocenters. The number of nitrogens with one attached hydrogen (secondary N) is 1. The van der Waals surface area contributed by atoms with E-state index in [1.54, 1.807) is 43.5 Å². The molecule has 0 saturated carbocycles. The first kappa shape index (κ1) is 18.2. The molecule has 0 aliphatic heterocycles. The maximum atomic E-state index is 13.6. The Hall–Kier alpha value is -2.57. The van der Waals surface area contributed by atoms with Crippen LogP contribution in [0, 0.1) is 12.7 Å². The van der Waals surface area contributed by atoms with Crippen molar-refractivity contribution in [1.82, 2.24) is 9.78 Å². The van der Waals surface area contributed by atoms with Gasteiger partial charge in [0.15, 0.2) is 12.4 Å². The average Bonchev–Trinajstić information content (AvgIpc) is 3.09. The molecule has 0 fully saturated rings. The lowest BCUT2D eigenvalue weighted by Gasteiger charge is -2.08. The Kier molecular flexibility index (Phi) is 5.44. The summed E-state index contributed by atoms with van der Waals surface area (Å²) >= 11 is 12.0. The zero-order chi connectivity index (χ0) is 18.7. The molecule has 1 heterocycles. The molecule has 2 aromatic carbocycles. The van der Waals surface area contributed by atoms with Crippen LogP contribution in [0.4, 0.5) is 10.1 Å². The van der Waals surface area contributed by atoms with E-state index >= 15 is 0 Å². The summed E-state index contributed by atoms with van der Waals surface area (Å²) in [5, 5.41) is 7.41. The predicted molar refractivity (Wildman–Crippen MR) is 98.4 cm³/mol. The fourth-order valence-corrected chi connectivity index (χ4v) is 2.50. The van der Waals surface area contributed by atoms with Gasteiger partial charge < -0.3 is 10.1 Å². The molecule has 0 radical (unpaired) electrons. The number of aryl methyl sites for hydroxylation is 1. The standard InChI is InChI=1S/C18H14Cl2FN3O2/c1-11-5-6-12(9-14(11)21)22-18(25)15-7-8-24(23-15)10-26-16-4-2-3-13(19)17(16)20/h2-9H,10H2,1H3,(H,22,25). The maximum Gasteiger partial charge on any atom is 0.276 e. The SMILES string of the molecule is Cc1ccc(NC(=O)c2ccn(COc3cccc(Cl)c3Cl)n2)cc1F. The third kappa shape index (κ3) is 4.15. The van der Waals surface area contributed by atoms with E-state index in [0.717, 1.165) is 0 Å². The molecule has 5 nitrogen and oxygen atoms in total. The number of carbonyl (C=O) groups is 1. The van der Waals surface area contributed by atoms with Gasteiger partial charge in [0.1, 0.15) is 16.6 Å². The summed E-state index contributed by atoms with van der Waals surface area (Å²) in [6.07, 6.45) is 1.59. The van der Waals surface area contributed by atoms with Crippen molar-refractivity contribution in [2.75, 3.05) is 5.32 Å². The van der Waals surface area contributed by atoms with Crippen LogP contribution in [-0.4, -0.2) is 15.7 Å². The molecule has 3 rings (SSSR count). The number of amides is 1. The Morgan fingerprint density at radius 1 is 1.27 bits per heavy atom. The highest BCUT2D eigenvalue weighted by atomic mass is 35.5. The van der Waals surface area contributed by atoms with Crippen molar-refractivity contribution in [3.05, 3.63) is 75.8 Å². The summed E-state index contributed by atoms with van der Waals surface area (Å²) in [5.74, 6) is -0.427. The number of anilines is 1. The number of aromatic nitrogens is 2. The monoisotopic (exact) mass is 393 g/mol. The Morgan fingerprint density at radius 3 is 2.85 bits per heavy atom. The summed E-state index contributed by atoms with van der Waals surface area (Å²) < 4.78 is 20.5. The van der Waals surface area contributed by atoms with Crippen molar-refractivity contribution < 1.29 is 13.9 Å². The topological polar surface area (TPSA) is 56.2 Å². The van der Waals surface area contributed by atoms with Crippen molar-refractivity contribution in [3.8, 4) is 5.75 Å². The number of benzene rings is 2. The van der Waals surface area contributed by atoms with Gasteiger partial charge in [0.2, 0.25) is 0 Å². The number of hydrogen-bond donors (Lipinski definition) is 1. The minimum Gasteiger partial charge on any atom is -0.470 e. The second-order valence-corrected chi connectivity index (χ2v) is 6.27. The molecule has 8 heteroatoms. The van der Waals surface area contributed by atoms with Gasteiger partial charge in [0.25, 0.3) is 5.91 Å². The van der Waals surface area contributed by atoms with Crippen molar-refractivity contribution in [2.45, 2.75) is 13.7 Å². The summed E-state index contributed by atoms with van der Waals surface area (Å²) in [6, 6.07) is 11.0. The third-order valence-corrected chi connectivity index (χ3v) is 4.37. The first-order chi connectivity index (χ1) is 12.4. The Labute approximate surface area is 159 Å². The van der Waals surface area contributed by atoms with Crippen LogP contribution in [0.5, 0.6) is 5.75 Å². The van der Waals surface area contributed by atoms with E-state index in [4.69, 9.17) is 27.9 Å². The normalized spacial score (nSPS) is 10.6. The van der Waals surface area contributed by atoms with Gasteiger partial charge in [0, 0.05) is 11.9 Å². The fraction of sp³-hybridized carbons (Fsp3) is 0.111. The molecule has 1 N–H and O–H groups in total. The molecular formula is C18H14Cl2FN3O2. The van der Waals surface area contributed by atoms with Crippen LogP contribution >= 0.6 is 23.2 Å². The van der Waals surface area contributed by atoms with Crippen LogP contribution in [-0.2, 0) is 6.73 Å². The Balaban J connectivity index is 1.64. The number of ether oxygens (including phenoxy) is 1. The van der Waals surface area contributed by atoms with E-state index < -0.39 is 5.91 Å². The highest BCUT2D eigenvalue weighted by molar-refractivity contribution is 6.42. The first-order valence-electron chi connectivity index (χ1n) is 7.62. The summed E-state index contributed by atoms with van der Waals surface area (Å²) in [6.45, 7) is 1.70. The Bertz CT molecular complexity index is 959. The van der Waals surface area contributed by atoms with Gasteiger partial charge >= 0.3 is 0 Å². The Morgan fingerprint density at radius 2 is 2.08 bits per heavy atom. The first-order valence-corrected chi connectivity index (χ1v) is 8.37. The number of hydrogen-bond acceptors (Lipinski definition) is 3. The minimum absolute atomic E-state index is 0.0481. The van der Waals surface area contributed by atoms with Gasteiger partial charge in [-0.05, 0) is 42.8 Å². The van der Waals surface area contributed by atoms with Crippen LogP contribution in [0.15, 0.2) is 48.7 Å². The highest BCUT2D eigenvalue weighted by Crippen LogP contribution is 2.31. The molecule has 3 aromatic rings. The molecule has 0 spiro atoms. The van der Waals surface area contributed by atoms with E-state index in [2.05, 4.69) is 10.4 Å². The molecular weight excluding hydrogens is 380 g/mol. The van der Waals surface area contributed by atoms with E-state index in [0.29, 0.717) is 27.0 Å². The van der Waals surface area contributed by atoms with E-state index in [1.165, 1.54) is 16.8 Å². The van der Waals surface area contributed by atoms with Crippen LogP contribution in [0.25, 0.3) is 0 Å². The van der Waals surface area contributed by atoms with Crippen molar-refractivity contribution in [3.63, 3.8) is 0 Å². The lowest BCUT2D eigenvalue weighted by atomic mass is 10.2. The molecule has 26 heavy (non-hydrogen) atoms. The lowest BCUT2D eigenvalue weighted by molar-refractivity contribution is 0.102. The number of halogens is 3. The lowest BCUT2D eigenvalue weighted by Crippen LogP contribution is -2.14. The van der Waals surface area contributed by atoms with Crippen LogP contribution in [0.3, 0.4) is 0 Å². The molecule has 0 saturated heterocycles. The minimum atomic E-state index is -0.451. The van der Waals surface area contributed by atoms with Gasteiger partial charge in [-0.15, -0.1) is 0 Å². The van der Waals surface area contributed by atoms with Crippen LogP contribution in [0.1, 0.15) is 16.1 Å². The molecule has 0 aliphatic carbocycles. The predicted octanol–water partition coefficient (Wildman–Crippen LogP) is 4.93. The summed E-state index contributed by atoms with van der Waals surface area (Å²) in [4.78, 5) is 12.2. The van der Waals surface area contributed by atoms with E-state index in [1.807, 2.05) is 0 Å². The van der Waals surface area contributed by atoms with Crippen LogP contribution < -0.4 is 10.1 Å². The van der Waals surface area contributed by atoms with Crippen molar-refractivity contribution in [2.24, 2.45) is 0 Å². The molecule has 1 aromatic heterocycles. The number of nitrogens with zero attached hydrogens (tertiary/aromatic N) is 2. The molecule has 134 valence electrons. The van der Waals surface area contributed by atoms with E-state index in [-0.39, 0.29) is 18.2 Å². The smallest absolute Gasteiger partial charge is 0.276 e. The largest absolute Gasteiger partial charge is 0.470 e. The third-order valence-electron chi connectivity index (χ3n) is 3.57. The molecule has 0 aliphatic rings. The molecule has 1 amide bonds. The van der Waals surface area contributed by atoms with Crippen molar-refractivity contribution >= 4 is 34.8 Å². The summed E-state index contributed by atoms with van der Waals surface area (Å²) in [5.41, 5.74) is 1.03. The fourth-order valence-electron chi connectivity index (χ4n) is 2.15. The molecule has 0 bridgehead atoms. The van der Waals surface area contributed by atoms with Crippen LogP contribution in [0.2, 0.25) is 10.0 Å². The zero-order valence-electron chi connectivity index (χ0n) is 13.7. The summed E-state index contributed by atoms with van der Waals surface area (Å²) in [7, 11) is 0. The van der Waals surface area contributed by atoms with Gasteiger partial charge in [0.05, 0.1) is 5.02 Å². The van der Waals surface area contributed by atoms with Gasteiger partial charge in [-0.2, -0.15) is 5.10 Å². The average molecular weight is 394 g/mol. The van der Waals surface area contributed by atoms with Gasteiger partial charge in [-0.1, -0.05) is 35.3 Å².